The van der Waals surface area contributed by atoms with Crippen LogP contribution in [0.1, 0.15) is 200 Å². The first-order valence-electron chi connectivity index (χ1n) is 24.8. The third kappa shape index (κ3) is 45.8. The average Bonchev–Trinajstić information content (AvgIpc) is 3.21. The van der Waals surface area contributed by atoms with Crippen molar-refractivity contribution in [3.8, 4) is 0 Å². The minimum Gasteiger partial charge on any atom is -0.756 e. The predicted octanol–water partition coefficient (Wildman–Crippen LogP) is 13.7. The first-order valence-corrected chi connectivity index (χ1v) is 26.3. The van der Waals surface area contributed by atoms with Gasteiger partial charge in [0.25, 0.3) is 7.82 Å². The zero-order valence-corrected chi connectivity index (χ0v) is 41.0. The highest BCUT2D eigenvalue weighted by atomic mass is 31.2. The van der Waals surface area contributed by atoms with Crippen LogP contribution < -0.4 is 10.2 Å². The number of likely N-dealkylation sites (N-methyl/N-ethyl adjacent to an activating group) is 1. The van der Waals surface area contributed by atoms with Gasteiger partial charge in [0.05, 0.1) is 39.9 Å². The molecule has 0 rings (SSSR count). The third-order valence-electron chi connectivity index (χ3n) is 10.6. The van der Waals surface area contributed by atoms with Crippen LogP contribution in [-0.2, 0) is 18.4 Å². The number of phosphoric ester groups is 1. The van der Waals surface area contributed by atoms with Gasteiger partial charge in [-0.1, -0.05) is 189 Å². The monoisotopic (exact) mass is 875 g/mol. The van der Waals surface area contributed by atoms with Crippen molar-refractivity contribution in [2.45, 2.75) is 212 Å². The Bertz CT molecular complexity index is 1220. The predicted molar refractivity (Wildman–Crippen MR) is 260 cm³/mol. The highest BCUT2D eigenvalue weighted by Crippen LogP contribution is 2.38. The van der Waals surface area contributed by atoms with Crippen molar-refractivity contribution in [1.29, 1.82) is 0 Å². The van der Waals surface area contributed by atoms with E-state index in [4.69, 9.17) is 9.05 Å². The van der Waals surface area contributed by atoms with E-state index in [-0.39, 0.29) is 12.5 Å². The van der Waals surface area contributed by atoms with E-state index >= 15 is 0 Å². The van der Waals surface area contributed by atoms with Crippen molar-refractivity contribution >= 4 is 13.7 Å². The number of hydrogen-bond acceptors (Lipinski definition) is 6. The van der Waals surface area contributed by atoms with E-state index in [1.165, 1.54) is 96.3 Å². The molecule has 354 valence electrons. The molecule has 0 aliphatic rings. The Hall–Kier alpha value is -2.06. The number of unbranched alkanes of at least 4 members (excludes halogenated alkanes) is 21. The third-order valence-corrected chi connectivity index (χ3v) is 11.6. The molecule has 0 saturated heterocycles. The van der Waals surface area contributed by atoms with Crippen LogP contribution in [0.3, 0.4) is 0 Å². The molecule has 8 nitrogen and oxygen atoms in total. The molecule has 3 unspecified atom stereocenters. The zero-order chi connectivity index (χ0) is 45.0. The molecule has 0 aromatic carbocycles. The minimum atomic E-state index is -4.61. The molecule has 0 fully saturated rings. The van der Waals surface area contributed by atoms with E-state index in [9.17, 15) is 19.4 Å². The average molecular weight is 875 g/mol. The lowest BCUT2D eigenvalue weighted by Crippen LogP contribution is -2.45. The van der Waals surface area contributed by atoms with E-state index in [1.807, 2.05) is 27.2 Å². The van der Waals surface area contributed by atoms with Crippen molar-refractivity contribution in [3.05, 3.63) is 72.9 Å². The number of amides is 1. The summed E-state index contributed by atoms with van der Waals surface area (Å²) in [6.45, 7) is 4.48. The molecular formula is C52H95N2O6P. The Balaban J connectivity index is 4.42. The summed E-state index contributed by atoms with van der Waals surface area (Å²) in [5.41, 5.74) is 0. The largest absolute Gasteiger partial charge is 0.756 e. The van der Waals surface area contributed by atoms with Crippen LogP contribution in [0.15, 0.2) is 72.9 Å². The molecule has 0 spiro atoms. The number of quaternary nitrogens is 1. The van der Waals surface area contributed by atoms with E-state index in [1.54, 1.807) is 6.08 Å². The van der Waals surface area contributed by atoms with Gasteiger partial charge >= 0.3 is 0 Å². The van der Waals surface area contributed by atoms with Crippen molar-refractivity contribution in [1.82, 2.24) is 5.32 Å². The van der Waals surface area contributed by atoms with Crippen molar-refractivity contribution in [2.24, 2.45) is 0 Å². The maximum absolute atomic E-state index is 12.9. The van der Waals surface area contributed by atoms with Gasteiger partial charge in [0.15, 0.2) is 0 Å². The van der Waals surface area contributed by atoms with Gasteiger partial charge < -0.3 is 28.8 Å². The summed E-state index contributed by atoms with van der Waals surface area (Å²) >= 11 is 0. The van der Waals surface area contributed by atoms with Crippen LogP contribution in [0.5, 0.6) is 0 Å². The van der Waals surface area contributed by atoms with E-state index in [0.717, 1.165) is 83.5 Å². The molecule has 61 heavy (non-hydrogen) atoms. The van der Waals surface area contributed by atoms with Crippen LogP contribution in [0.25, 0.3) is 0 Å². The molecule has 0 aliphatic carbocycles. The summed E-state index contributed by atoms with van der Waals surface area (Å²) in [4.78, 5) is 25.3. The Labute approximate surface area is 376 Å². The molecule has 9 heteroatoms. The zero-order valence-electron chi connectivity index (χ0n) is 40.1. The number of nitrogens with one attached hydrogen (secondary N) is 1. The quantitative estimate of drug-likeness (QED) is 0.0273. The van der Waals surface area contributed by atoms with Gasteiger partial charge in [0, 0.05) is 6.42 Å². The van der Waals surface area contributed by atoms with Crippen LogP contribution >= 0.6 is 7.82 Å². The second-order valence-corrected chi connectivity index (χ2v) is 19.2. The van der Waals surface area contributed by atoms with E-state index in [2.05, 4.69) is 79.9 Å². The molecule has 0 saturated carbocycles. The molecular weight excluding hydrogens is 780 g/mol. The summed E-state index contributed by atoms with van der Waals surface area (Å²) in [6.07, 6.45) is 58.3. The maximum atomic E-state index is 12.9. The number of aliphatic hydroxyl groups excluding tert-OH is 1. The smallest absolute Gasteiger partial charge is 0.268 e. The maximum Gasteiger partial charge on any atom is 0.268 e. The molecule has 0 aliphatic heterocycles. The molecule has 0 aromatic rings. The highest BCUT2D eigenvalue weighted by Gasteiger charge is 2.23. The number of nitrogens with zero attached hydrogens (tertiary/aromatic N) is 1. The Morgan fingerprint density at radius 1 is 0.590 bits per heavy atom. The molecule has 1 amide bonds. The highest BCUT2D eigenvalue weighted by molar-refractivity contribution is 7.45. The van der Waals surface area contributed by atoms with Crippen molar-refractivity contribution < 1.29 is 32.9 Å². The summed E-state index contributed by atoms with van der Waals surface area (Å²) in [5.74, 6) is -0.231. The van der Waals surface area contributed by atoms with Crippen LogP contribution in [0.2, 0.25) is 0 Å². The topological polar surface area (TPSA) is 108 Å². The first kappa shape index (κ1) is 58.9. The summed E-state index contributed by atoms with van der Waals surface area (Å²) in [7, 11) is 1.21. The number of hydrogen-bond donors (Lipinski definition) is 2. The van der Waals surface area contributed by atoms with Crippen molar-refractivity contribution in [3.63, 3.8) is 0 Å². The lowest BCUT2D eigenvalue weighted by Gasteiger charge is -2.29. The first-order chi connectivity index (χ1) is 29.5. The number of carbonyl (C=O) groups excluding carboxylic acids is 1. The number of allylic oxidation sites excluding steroid dienone is 11. The van der Waals surface area contributed by atoms with Crippen LogP contribution in [0.4, 0.5) is 0 Å². The fourth-order valence-corrected chi connectivity index (χ4v) is 7.45. The number of aliphatic hydroxyl groups is 1. The van der Waals surface area contributed by atoms with Gasteiger partial charge in [-0.15, -0.1) is 0 Å². The number of rotatable bonds is 44. The second kappa shape index (κ2) is 43.2. The number of phosphoric acid groups is 1. The van der Waals surface area contributed by atoms with E-state index < -0.39 is 26.6 Å². The summed E-state index contributed by atoms with van der Waals surface area (Å²) in [6, 6.07) is -0.922. The van der Waals surface area contributed by atoms with Crippen LogP contribution in [-0.4, -0.2) is 68.5 Å². The second-order valence-electron chi connectivity index (χ2n) is 17.8. The van der Waals surface area contributed by atoms with Gasteiger partial charge in [-0.05, 0) is 77.0 Å². The fourth-order valence-electron chi connectivity index (χ4n) is 6.73. The molecule has 3 atom stereocenters. The summed E-state index contributed by atoms with van der Waals surface area (Å²) < 4.78 is 23.2. The molecule has 0 radical (unpaired) electrons. The standard InChI is InChI=1S/C52H95N2O6P/c1-6-8-10-12-14-16-18-20-22-23-24-25-26-27-28-29-30-32-33-35-37-39-41-43-45-51(55)50(49-60-61(57,58)59-48-47-54(3,4)5)53-52(56)46-44-42-40-38-36-34-31-21-19-17-15-13-11-9-7-2/h9,11,15,17,21,29-31,35,37,43,45,50-51,55H,6-8,10,12-14,16,18-20,22-28,32-34,36,38-42,44,46-49H2,1-5H3,(H-,53,56,57,58)/b11-9-,17-15-,30-29+,31-21-,37-35+,45-43+. The van der Waals surface area contributed by atoms with Crippen molar-refractivity contribution in [2.75, 3.05) is 40.9 Å². The SMILES string of the molecule is CC/C=C\C/C=C\C/C=C\CCCCCCCC(=O)NC(COP(=O)([O-])OCC[N+](C)(C)C)C(O)/C=C/CC/C=C/CC/C=C/CCCCCCCCCCCCCCCC. The van der Waals surface area contributed by atoms with Gasteiger partial charge in [-0.25, -0.2) is 0 Å². The molecule has 2 N–H and O–H groups in total. The Kier molecular flexibility index (Phi) is 41.7. The minimum absolute atomic E-state index is 0.0159. The number of carbonyl (C=O) groups is 1. The fraction of sp³-hybridized carbons (Fsp3) is 0.750. The summed E-state index contributed by atoms with van der Waals surface area (Å²) in [5, 5.41) is 13.8. The Morgan fingerprint density at radius 2 is 1.02 bits per heavy atom. The van der Waals surface area contributed by atoms with Gasteiger partial charge in [-0.2, -0.15) is 0 Å². The molecule has 0 aromatic heterocycles. The molecule has 0 heterocycles. The molecule has 0 bridgehead atoms. The van der Waals surface area contributed by atoms with Gasteiger partial charge in [-0.3, -0.25) is 9.36 Å². The van der Waals surface area contributed by atoms with E-state index in [0.29, 0.717) is 17.4 Å². The van der Waals surface area contributed by atoms with Gasteiger partial charge in [0.1, 0.15) is 13.2 Å². The Morgan fingerprint density at radius 3 is 1.52 bits per heavy atom. The van der Waals surface area contributed by atoms with Crippen LogP contribution in [0, 0.1) is 0 Å². The normalized spacial score (nSPS) is 14.8. The lowest BCUT2D eigenvalue weighted by atomic mass is 10.0. The lowest BCUT2D eigenvalue weighted by molar-refractivity contribution is -0.870. The van der Waals surface area contributed by atoms with Gasteiger partial charge in [0.2, 0.25) is 5.91 Å².